The number of esters is 1. The molecule has 3 atom stereocenters. The Hall–Kier alpha value is -1.01. The van der Waals surface area contributed by atoms with Crippen molar-refractivity contribution < 1.29 is 14.6 Å². The van der Waals surface area contributed by atoms with Crippen LogP contribution in [0.1, 0.15) is 47.0 Å². The Labute approximate surface area is 110 Å². The largest absolute Gasteiger partial charge is 0.456 e. The third-order valence-corrected chi connectivity index (χ3v) is 3.70. The normalized spacial score (nSPS) is 31.7. The number of ether oxygens (including phenoxy) is 1. The second kappa shape index (κ2) is 6.24. The van der Waals surface area contributed by atoms with Crippen LogP contribution in [0, 0.1) is 29.6 Å². The van der Waals surface area contributed by atoms with E-state index in [1.165, 1.54) is 0 Å². The van der Waals surface area contributed by atoms with Crippen LogP contribution in [-0.4, -0.2) is 23.3 Å². The highest BCUT2D eigenvalue weighted by Gasteiger charge is 2.41. The van der Waals surface area contributed by atoms with Crippen molar-refractivity contribution in [2.24, 2.45) is 17.8 Å². The quantitative estimate of drug-likeness (QED) is 0.466. The van der Waals surface area contributed by atoms with Gasteiger partial charge in [0.2, 0.25) is 0 Å². The van der Waals surface area contributed by atoms with Crippen LogP contribution in [0.25, 0.3) is 0 Å². The van der Waals surface area contributed by atoms with Crippen LogP contribution in [0.2, 0.25) is 0 Å². The molecule has 0 aromatic rings. The molecule has 0 heterocycles. The molecule has 3 nitrogen and oxygen atoms in total. The molecule has 0 spiro atoms. The Bertz CT molecular complexity index is 350. The zero-order valence-corrected chi connectivity index (χ0v) is 11.8. The van der Waals surface area contributed by atoms with E-state index in [9.17, 15) is 9.90 Å². The molecule has 0 bridgehead atoms. The van der Waals surface area contributed by atoms with Crippen LogP contribution in [0.15, 0.2) is 0 Å². The summed E-state index contributed by atoms with van der Waals surface area (Å²) in [5.74, 6) is 5.60. The molecule has 1 aliphatic rings. The second-order valence-corrected chi connectivity index (χ2v) is 5.63. The van der Waals surface area contributed by atoms with Crippen LogP contribution in [-0.2, 0) is 9.53 Å². The lowest BCUT2D eigenvalue weighted by atomic mass is 9.67. The summed E-state index contributed by atoms with van der Waals surface area (Å²) in [5.41, 5.74) is -1.04. The Kier molecular flexibility index (Phi) is 5.22. The highest BCUT2D eigenvalue weighted by molar-refractivity contribution is 5.88. The highest BCUT2D eigenvalue weighted by atomic mass is 16.5. The molecule has 1 aliphatic carbocycles. The van der Waals surface area contributed by atoms with Crippen molar-refractivity contribution in [2.75, 3.05) is 6.61 Å². The van der Waals surface area contributed by atoms with E-state index in [2.05, 4.69) is 32.6 Å². The fourth-order valence-electron chi connectivity index (χ4n) is 2.84. The van der Waals surface area contributed by atoms with Crippen molar-refractivity contribution >= 4 is 5.97 Å². The van der Waals surface area contributed by atoms with Gasteiger partial charge in [-0.3, -0.25) is 0 Å². The average molecular weight is 252 g/mol. The molecule has 0 aromatic heterocycles. The van der Waals surface area contributed by atoms with Crippen LogP contribution in [0.5, 0.6) is 0 Å². The first kappa shape index (κ1) is 15.0. The zero-order valence-electron chi connectivity index (χ0n) is 11.8. The molecular weight excluding hydrogens is 228 g/mol. The topological polar surface area (TPSA) is 46.5 Å². The van der Waals surface area contributed by atoms with E-state index in [4.69, 9.17) is 4.74 Å². The monoisotopic (exact) mass is 252 g/mol. The minimum Gasteiger partial charge on any atom is -0.456 e. The molecule has 3 unspecified atom stereocenters. The van der Waals surface area contributed by atoms with E-state index in [-0.39, 0.29) is 5.92 Å². The van der Waals surface area contributed by atoms with Gasteiger partial charge in [-0.2, -0.15) is 0 Å². The van der Waals surface area contributed by atoms with Gasteiger partial charge in [0.25, 0.3) is 0 Å². The molecule has 0 saturated heterocycles. The molecule has 102 valence electrons. The molecule has 0 amide bonds. The maximum absolute atomic E-state index is 11.3. The fraction of sp³-hybridized carbons (Fsp3) is 0.800. The standard InChI is InChI=1S/C15H24O3/c1-5-18-14(16)8-9-15(17)10-12(4)6-7-13(15)11(2)3/h11-13,17H,5-7,10H2,1-4H3. The first-order valence-corrected chi connectivity index (χ1v) is 6.81. The van der Waals surface area contributed by atoms with Crippen molar-refractivity contribution in [2.45, 2.75) is 52.6 Å². The van der Waals surface area contributed by atoms with Crippen molar-refractivity contribution in [3.05, 3.63) is 0 Å². The molecular formula is C15H24O3. The number of rotatable bonds is 2. The number of hydrogen-bond acceptors (Lipinski definition) is 3. The van der Waals surface area contributed by atoms with Crippen molar-refractivity contribution in [3.63, 3.8) is 0 Å². The minimum absolute atomic E-state index is 0.135. The van der Waals surface area contributed by atoms with Crippen LogP contribution < -0.4 is 0 Å². The van der Waals surface area contributed by atoms with E-state index >= 15 is 0 Å². The molecule has 1 N–H and O–H groups in total. The number of aliphatic hydroxyl groups is 1. The van der Waals surface area contributed by atoms with Gasteiger partial charge in [0, 0.05) is 11.8 Å². The van der Waals surface area contributed by atoms with Gasteiger partial charge in [-0.15, -0.1) is 0 Å². The number of carbonyl (C=O) groups is 1. The van der Waals surface area contributed by atoms with Gasteiger partial charge in [0.1, 0.15) is 5.60 Å². The second-order valence-electron chi connectivity index (χ2n) is 5.63. The first-order valence-electron chi connectivity index (χ1n) is 6.81. The third kappa shape index (κ3) is 3.74. The van der Waals surface area contributed by atoms with Gasteiger partial charge in [-0.25, -0.2) is 4.79 Å². The highest BCUT2D eigenvalue weighted by Crippen LogP contribution is 2.40. The number of hydrogen-bond donors (Lipinski definition) is 1. The summed E-state index contributed by atoms with van der Waals surface area (Å²) >= 11 is 0. The predicted molar refractivity (Wildman–Crippen MR) is 70.7 cm³/mol. The SMILES string of the molecule is CCOC(=O)C#CC1(O)CC(C)CCC1C(C)C. The van der Waals surface area contributed by atoms with Gasteiger partial charge in [-0.05, 0) is 31.6 Å². The Balaban J connectivity index is 2.86. The number of carbonyl (C=O) groups excluding carboxylic acids is 1. The van der Waals surface area contributed by atoms with E-state index < -0.39 is 11.6 Å². The van der Waals surface area contributed by atoms with Gasteiger partial charge < -0.3 is 9.84 Å². The summed E-state index contributed by atoms with van der Waals surface area (Å²) in [6, 6.07) is 0. The van der Waals surface area contributed by atoms with Crippen molar-refractivity contribution in [3.8, 4) is 11.8 Å². The Morgan fingerprint density at radius 1 is 1.50 bits per heavy atom. The lowest BCUT2D eigenvalue weighted by Gasteiger charge is -2.41. The summed E-state index contributed by atoms with van der Waals surface area (Å²) in [4.78, 5) is 11.3. The fourth-order valence-corrected chi connectivity index (χ4v) is 2.84. The van der Waals surface area contributed by atoms with E-state index in [1.54, 1.807) is 6.92 Å². The molecule has 0 aliphatic heterocycles. The molecule has 0 aromatic carbocycles. The van der Waals surface area contributed by atoms with E-state index in [0.717, 1.165) is 12.8 Å². The van der Waals surface area contributed by atoms with Gasteiger partial charge in [0.05, 0.1) is 6.61 Å². The maximum atomic E-state index is 11.3. The lowest BCUT2D eigenvalue weighted by molar-refractivity contribution is -0.136. The van der Waals surface area contributed by atoms with Crippen LogP contribution >= 0.6 is 0 Å². The minimum atomic E-state index is -1.04. The first-order chi connectivity index (χ1) is 8.39. The smallest absolute Gasteiger partial charge is 0.384 e. The van der Waals surface area contributed by atoms with Crippen LogP contribution in [0.3, 0.4) is 0 Å². The van der Waals surface area contributed by atoms with Gasteiger partial charge in [-0.1, -0.05) is 33.1 Å². The van der Waals surface area contributed by atoms with Crippen LogP contribution in [0.4, 0.5) is 0 Å². The molecule has 3 heteroatoms. The molecule has 1 saturated carbocycles. The molecule has 1 fully saturated rings. The van der Waals surface area contributed by atoms with Crippen molar-refractivity contribution in [1.82, 2.24) is 0 Å². The van der Waals surface area contributed by atoms with E-state index in [0.29, 0.717) is 24.9 Å². The summed E-state index contributed by atoms with van der Waals surface area (Å²) in [6.07, 6.45) is 2.72. The zero-order chi connectivity index (χ0) is 13.8. The van der Waals surface area contributed by atoms with E-state index in [1.807, 2.05) is 0 Å². The summed E-state index contributed by atoms with van der Waals surface area (Å²) < 4.78 is 4.78. The van der Waals surface area contributed by atoms with Gasteiger partial charge >= 0.3 is 5.97 Å². The summed E-state index contributed by atoms with van der Waals surface area (Å²) in [6.45, 7) is 8.37. The Morgan fingerprint density at radius 3 is 2.72 bits per heavy atom. The maximum Gasteiger partial charge on any atom is 0.384 e. The summed E-state index contributed by atoms with van der Waals surface area (Å²) in [5, 5.41) is 10.7. The molecule has 1 rings (SSSR count). The third-order valence-electron chi connectivity index (χ3n) is 3.70. The van der Waals surface area contributed by atoms with Crippen molar-refractivity contribution in [1.29, 1.82) is 0 Å². The molecule has 0 radical (unpaired) electrons. The average Bonchev–Trinajstić information content (AvgIpc) is 2.26. The van der Waals surface area contributed by atoms with Gasteiger partial charge in [0.15, 0.2) is 0 Å². The summed E-state index contributed by atoms with van der Waals surface area (Å²) in [7, 11) is 0. The predicted octanol–water partition coefficient (Wildman–Crippen LogP) is 2.38. The lowest BCUT2D eigenvalue weighted by Crippen LogP contribution is -2.44. The molecule has 18 heavy (non-hydrogen) atoms. The Morgan fingerprint density at radius 2 is 2.17 bits per heavy atom.